The molecule has 3 aliphatic rings. The van der Waals surface area contributed by atoms with E-state index in [-0.39, 0.29) is 73.3 Å². The molecule has 0 aliphatic carbocycles. The largest absolute Gasteiger partial charge is 0.435 e. The van der Waals surface area contributed by atoms with E-state index in [4.69, 9.17) is 32.2 Å². The standard InChI is InChI=1S/C26H22FN5O3S2.C17H15FN4O2S.C9H7NOS.C4H8O.2CH4/c27-19-13-17(30-26(36)31-22(33)12-16-6-2-1-3-7-16)8-9-20(19)35-23-18-14-21(37-24(18)29-15-28-23)25(34)32-10-4-5-11-32;18-12-7-10(19)3-4-13(12)24-15-11-8-14(25-16(11)21-9-20-15)17(23)22-5-1-2-6-22;11-9(10-7-12)6-8-4-2-1-3-5-8;1-2-4-5-3-1;;/h1-3,6-9,13-15H,4-5,10-12H2,(H2,30,31,33,36);3-4,7-9H,1-2,5-6,19H2;1-5H,6H2;1-4H2;2*1H4. The minimum atomic E-state index is -0.654. The van der Waals surface area contributed by atoms with E-state index in [1.807, 2.05) is 75.6 Å². The van der Waals surface area contributed by atoms with Crippen LogP contribution in [0.3, 0.4) is 0 Å². The van der Waals surface area contributed by atoms with Crippen molar-refractivity contribution in [3.05, 3.63) is 154 Å². The summed E-state index contributed by atoms with van der Waals surface area (Å²) in [5, 5.41) is 8.62. The summed E-state index contributed by atoms with van der Waals surface area (Å²) in [5.41, 5.74) is 8.00. The fourth-order valence-electron chi connectivity index (χ4n) is 8.15. The first-order valence-corrected chi connectivity index (χ1v) is 27.5. The number of likely N-dealkylation sites (tertiary alicyclic amines) is 2. The van der Waals surface area contributed by atoms with E-state index in [1.54, 1.807) is 24.3 Å². The van der Waals surface area contributed by atoms with Crippen LogP contribution >= 0.6 is 47.1 Å². The van der Waals surface area contributed by atoms with E-state index in [0.717, 1.165) is 76.2 Å². The van der Waals surface area contributed by atoms with E-state index in [0.29, 0.717) is 48.0 Å². The summed E-state index contributed by atoms with van der Waals surface area (Å²) in [7, 11) is 0. The van der Waals surface area contributed by atoms with Crippen LogP contribution < -0.4 is 25.8 Å². The molecule has 8 aromatic rings. The average Bonchev–Trinajstić information content (AvgIpc) is 4.53. The van der Waals surface area contributed by atoms with E-state index < -0.39 is 11.6 Å². The summed E-state index contributed by atoms with van der Waals surface area (Å²) in [6.45, 7) is 5.04. The van der Waals surface area contributed by atoms with Crippen molar-refractivity contribution < 1.29 is 42.2 Å². The predicted molar refractivity (Wildman–Crippen MR) is 321 cm³/mol. The number of isothiocyanates is 1. The zero-order chi connectivity index (χ0) is 55.5. The molecule has 0 atom stereocenters. The van der Waals surface area contributed by atoms with Gasteiger partial charge in [0.05, 0.1) is 38.5 Å². The second kappa shape index (κ2) is 31.1. The number of rotatable bonds is 11. The molecule has 4 amide bonds. The van der Waals surface area contributed by atoms with Crippen molar-refractivity contribution in [3.63, 3.8) is 0 Å². The van der Waals surface area contributed by atoms with Crippen molar-refractivity contribution >= 4 is 113 Å². The number of hydrogen-bond donors (Lipinski definition) is 3. The van der Waals surface area contributed by atoms with Gasteiger partial charge in [0.25, 0.3) is 17.7 Å². The van der Waals surface area contributed by atoms with Gasteiger partial charge in [-0.1, -0.05) is 75.5 Å². The van der Waals surface area contributed by atoms with Gasteiger partial charge in [0.2, 0.25) is 17.7 Å². The van der Waals surface area contributed by atoms with E-state index in [9.17, 15) is 28.0 Å². The SMILES string of the molecule is C.C.C1CCOC1.Nc1ccc(Oc2ncnc3sc(C(=O)N4CCCC4)cc23)c(F)c1.O=C(Cc1ccccc1)N=C=S.O=C(Cc1ccccc1)NC(=S)Nc1ccc(Oc2ncnc3sc(C(=O)N4CCCC4)cc23)c(F)c1. The van der Waals surface area contributed by atoms with Gasteiger partial charge >= 0.3 is 0 Å². The lowest BCUT2D eigenvalue weighted by molar-refractivity contribution is -0.119. The Labute approximate surface area is 486 Å². The van der Waals surface area contributed by atoms with Crippen molar-refractivity contribution in [3.8, 4) is 23.3 Å². The maximum atomic E-state index is 14.9. The third-order valence-electron chi connectivity index (χ3n) is 12.0. The quantitative estimate of drug-likeness (QED) is 0.0623. The number of aliphatic imine (C=N–C) groups is 1. The van der Waals surface area contributed by atoms with Gasteiger partial charge in [0.1, 0.15) is 22.3 Å². The Balaban J connectivity index is 0.000000205. The first kappa shape index (κ1) is 62.2. The normalized spacial score (nSPS) is 13.1. The van der Waals surface area contributed by atoms with Gasteiger partial charge < -0.3 is 40.4 Å². The number of carbonyl (C=O) groups is 4. The number of carbonyl (C=O) groups excluding carboxylic acids is 4. The molecule has 23 heteroatoms. The fraction of sp³-hybridized carbons (Fsp3) is 0.276. The van der Waals surface area contributed by atoms with Crippen molar-refractivity contribution in [1.29, 1.82) is 0 Å². The molecule has 4 N–H and O–H groups in total. The monoisotopic (exact) mass is 1170 g/mol. The number of halogens is 2. The Kier molecular flexibility index (Phi) is 23.8. The molecule has 81 heavy (non-hydrogen) atoms. The highest BCUT2D eigenvalue weighted by Gasteiger charge is 2.25. The first-order valence-electron chi connectivity index (χ1n) is 25.1. The molecule has 3 saturated heterocycles. The topological polar surface area (TPSA) is 216 Å². The van der Waals surface area contributed by atoms with Crippen LogP contribution in [0.5, 0.6) is 23.3 Å². The Hall–Kier alpha value is -8.05. The van der Waals surface area contributed by atoms with Gasteiger partial charge in [-0.25, -0.2) is 28.7 Å². The zero-order valence-electron chi connectivity index (χ0n) is 42.4. The van der Waals surface area contributed by atoms with Crippen LogP contribution in [0.1, 0.15) is 83.8 Å². The maximum Gasteiger partial charge on any atom is 0.264 e. The molecular weight excluding hydrogens is 1110 g/mol. The maximum absolute atomic E-state index is 14.9. The molecule has 422 valence electrons. The van der Waals surface area contributed by atoms with Crippen molar-refractivity contribution in [1.82, 2.24) is 35.1 Å². The Morgan fingerprint density at radius 1 is 0.654 bits per heavy atom. The number of nitrogens with two attached hydrogens (primary N) is 1. The highest BCUT2D eigenvalue weighted by Crippen LogP contribution is 2.36. The van der Waals surface area contributed by atoms with Crippen LogP contribution in [0.15, 0.2) is 127 Å². The molecule has 7 heterocycles. The number of aromatic nitrogens is 4. The van der Waals surface area contributed by atoms with Crippen molar-refractivity contribution in [2.75, 3.05) is 50.4 Å². The minimum Gasteiger partial charge on any atom is -0.435 e. The van der Waals surface area contributed by atoms with Crippen LogP contribution in [0.2, 0.25) is 0 Å². The van der Waals surface area contributed by atoms with Gasteiger partial charge in [-0.15, -0.1) is 22.7 Å². The summed E-state index contributed by atoms with van der Waals surface area (Å²) < 4.78 is 45.1. The summed E-state index contributed by atoms with van der Waals surface area (Å²) in [6, 6.07) is 30.5. The molecule has 4 aromatic heterocycles. The lowest BCUT2D eigenvalue weighted by Crippen LogP contribution is -2.35. The number of nitrogen functional groups attached to an aromatic ring is 1. The van der Waals surface area contributed by atoms with Crippen LogP contribution in [-0.4, -0.2) is 103 Å². The van der Waals surface area contributed by atoms with Crippen LogP contribution in [0.4, 0.5) is 20.2 Å². The molecule has 3 aliphatic heterocycles. The lowest BCUT2D eigenvalue weighted by atomic mass is 10.1. The molecule has 0 unspecified atom stereocenters. The summed E-state index contributed by atoms with van der Waals surface area (Å²) in [4.78, 5) is 74.4. The number of amides is 4. The van der Waals surface area contributed by atoms with Crippen LogP contribution in [0.25, 0.3) is 20.4 Å². The molecule has 11 rings (SSSR count). The number of ether oxygens (including phenoxy) is 3. The molecule has 0 bridgehead atoms. The third-order valence-corrected chi connectivity index (χ3v) is 14.4. The molecule has 0 saturated carbocycles. The smallest absolute Gasteiger partial charge is 0.264 e. The minimum absolute atomic E-state index is 0. The predicted octanol–water partition coefficient (Wildman–Crippen LogP) is 12.3. The van der Waals surface area contributed by atoms with E-state index >= 15 is 0 Å². The van der Waals surface area contributed by atoms with Crippen LogP contribution in [0, 0.1) is 11.6 Å². The Morgan fingerprint density at radius 2 is 1.14 bits per heavy atom. The summed E-state index contributed by atoms with van der Waals surface area (Å²) in [5.74, 6) is -1.47. The number of thiophene rings is 2. The average molecular weight is 1180 g/mol. The van der Waals surface area contributed by atoms with Gasteiger partial charge in [-0.05, 0) is 110 Å². The number of anilines is 2. The van der Waals surface area contributed by atoms with Gasteiger partial charge in [0, 0.05) is 62.9 Å². The molecule has 17 nitrogen and oxygen atoms in total. The fourth-order valence-corrected chi connectivity index (χ4v) is 10.4. The number of hydrogen-bond acceptors (Lipinski definition) is 16. The lowest BCUT2D eigenvalue weighted by Gasteiger charge is -2.13. The molecule has 4 aromatic carbocycles. The molecule has 0 radical (unpaired) electrons. The first-order chi connectivity index (χ1) is 38.4. The summed E-state index contributed by atoms with van der Waals surface area (Å²) >= 11 is 12.0. The van der Waals surface area contributed by atoms with Gasteiger partial charge in [0.15, 0.2) is 28.2 Å². The number of fused-ring (bicyclic) bond motifs is 2. The highest BCUT2D eigenvalue weighted by molar-refractivity contribution is 7.80. The number of nitrogens with zero attached hydrogens (tertiary/aromatic N) is 7. The van der Waals surface area contributed by atoms with Crippen molar-refractivity contribution in [2.45, 2.75) is 66.2 Å². The Bertz CT molecular complexity index is 3470. The second-order valence-electron chi connectivity index (χ2n) is 17.8. The van der Waals surface area contributed by atoms with E-state index in [1.165, 1.54) is 72.4 Å². The Morgan fingerprint density at radius 3 is 1.59 bits per heavy atom. The highest BCUT2D eigenvalue weighted by atomic mass is 32.1. The number of nitrogens with one attached hydrogen (secondary N) is 2. The number of thiocarbonyl (C=S) groups is 2. The van der Waals surface area contributed by atoms with Gasteiger partial charge in [-0.3, -0.25) is 19.2 Å². The molecule has 3 fully saturated rings. The molecule has 0 spiro atoms. The molecular formula is C58H60F2N10O7S4. The van der Waals surface area contributed by atoms with Crippen molar-refractivity contribution in [2.24, 2.45) is 4.99 Å². The zero-order valence-corrected chi connectivity index (χ0v) is 45.7. The third kappa shape index (κ3) is 18.0. The summed E-state index contributed by atoms with van der Waals surface area (Å²) in [6.07, 6.45) is 9.74. The number of benzene rings is 4. The second-order valence-corrected chi connectivity index (χ2v) is 20.4. The van der Waals surface area contributed by atoms with E-state index in [2.05, 4.69) is 47.8 Å². The van der Waals surface area contributed by atoms with Gasteiger partial charge in [-0.2, -0.15) is 4.99 Å². The van der Waals surface area contributed by atoms with Crippen LogP contribution in [-0.2, 0) is 27.2 Å².